The molecule has 0 spiro atoms. The Morgan fingerprint density at radius 1 is 1.10 bits per heavy atom. The lowest BCUT2D eigenvalue weighted by molar-refractivity contribution is -0.138. The monoisotopic (exact) mass is 443 g/mol. The van der Waals surface area contributed by atoms with Crippen LogP contribution in [0.25, 0.3) is 11.0 Å². The van der Waals surface area contributed by atoms with E-state index in [-0.39, 0.29) is 11.4 Å². The first-order valence-electron chi connectivity index (χ1n) is 9.22. The van der Waals surface area contributed by atoms with Gasteiger partial charge in [0.1, 0.15) is 23.3 Å². The number of fused-ring (bicyclic) bond motifs is 1. The topological polar surface area (TPSA) is 58.2 Å². The zero-order valence-corrected chi connectivity index (χ0v) is 15.7. The summed E-state index contributed by atoms with van der Waals surface area (Å²) in [5.74, 6) is -5.71. The highest BCUT2D eigenvalue weighted by Gasteiger charge is 2.55. The van der Waals surface area contributed by atoms with Gasteiger partial charge in [0.05, 0.1) is 30.0 Å². The number of imidazole rings is 1. The van der Waals surface area contributed by atoms with Crippen LogP contribution in [0.15, 0.2) is 36.7 Å². The Labute approximate surface area is 171 Å². The Bertz CT molecular complexity index is 1100. The predicted octanol–water partition coefficient (Wildman–Crippen LogP) is 4.84. The maximum absolute atomic E-state index is 14.8. The number of β-lactam (4-membered cyclic amide) rings is 1. The first-order chi connectivity index (χ1) is 14.8. The van der Waals surface area contributed by atoms with Gasteiger partial charge >= 0.3 is 0 Å². The van der Waals surface area contributed by atoms with E-state index in [1.807, 2.05) is 0 Å². The van der Waals surface area contributed by atoms with Crippen LogP contribution in [0.5, 0.6) is 5.75 Å². The Kier molecular flexibility index (Phi) is 5.50. The smallest absolute Gasteiger partial charge is 0.252 e. The van der Waals surface area contributed by atoms with E-state index < -0.39 is 60.9 Å². The molecule has 1 aliphatic heterocycles. The number of anilines is 1. The van der Waals surface area contributed by atoms with Gasteiger partial charge in [0.25, 0.3) is 6.43 Å². The Balaban J connectivity index is 1.69. The van der Waals surface area contributed by atoms with Crippen molar-refractivity contribution in [1.82, 2.24) is 9.97 Å². The standard InChI is InChI=1S/C20H15F6N3O2/c21-11-6-10(31-4-3-15(23)24)7-12(22)16(11)18-17(19(25)26)20(30)29(18)9-1-2-13-14(5-9)28-8-27-13/h1-2,5-8,15,17-19H,3-4H2,(H,27,28)/t17-,18-/m0/s1. The Morgan fingerprint density at radius 3 is 2.45 bits per heavy atom. The number of nitrogens with one attached hydrogen (secondary N) is 1. The lowest BCUT2D eigenvalue weighted by Gasteiger charge is -2.47. The molecule has 0 saturated carbocycles. The van der Waals surface area contributed by atoms with Crippen LogP contribution >= 0.6 is 0 Å². The minimum Gasteiger partial charge on any atom is -0.493 e. The van der Waals surface area contributed by atoms with Crippen molar-refractivity contribution in [2.75, 3.05) is 11.5 Å². The van der Waals surface area contributed by atoms with Crippen molar-refractivity contribution in [2.45, 2.75) is 25.3 Å². The van der Waals surface area contributed by atoms with Gasteiger partial charge in [-0.05, 0) is 18.2 Å². The first-order valence-corrected chi connectivity index (χ1v) is 9.22. The number of rotatable bonds is 7. The molecule has 31 heavy (non-hydrogen) atoms. The van der Waals surface area contributed by atoms with E-state index in [0.29, 0.717) is 11.0 Å². The SMILES string of the molecule is O=C1[C@H](C(F)F)[C@H](c2c(F)cc(OCCC(F)F)cc2F)N1c1ccc2nc[nH]c2c1. The van der Waals surface area contributed by atoms with Crippen LogP contribution in [0.3, 0.4) is 0 Å². The number of hydrogen-bond acceptors (Lipinski definition) is 3. The molecule has 11 heteroatoms. The van der Waals surface area contributed by atoms with Crippen LogP contribution in [0.1, 0.15) is 18.0 Å². The molecule has 1 saturated heterocycles. The third-order valence-corrected chi connectivity index (χ3v) is 5.05. The fourth-order valence-electron chi connectivity index (χ4n) is 3.62. The summed E-state index contributed by atoms with van der Waals surface area (Å²) in [6, 6.07) is 4.30. The highest BCUT2D eigenvalue weighted by atomic mass is 19.3. The number of carbonyl (C=O) groups excluding carboxylic acids is 1. The second-order valence-electron chi connectivity index (χ2n) is 6.95. The molecule has 2 aromatic carbocycles. The van der Waals surface area contributed by atoms with E-state index in [9.17, 15) is 31.1 Å². The van der Waals surface area contributed by atoms with Gasteiger partial charge in [-0.2, -0.15) is 0 Å². The first kappa shape index (κ1) is 21.0. The summed E-state index contributed by atoms with van der Waals surface area (Å²) >= 11 is 0. The summed E-state index contributed by atoms with van der Waals surface area (Å²) in [5.41, 5.74) is 0.505. The number of ether oxygens (including phenoxy) is 1. The van der Waals surface area contributed by atoms with E-state index in [1.54, 1.807) is 0 Å². The van der Waals surface area contributed by atoms with Gasteiger partial charge in [-0.1, -0.05) is 0 Å². The van der Waals surface area contributed by atoms with Gasteiger partial charge in [-0.15, -0.1) is 0 Å². The number of carbonyl (C=O) groups is 1. The van der Waals surface area contributed by atoms with E-state index in [2.05, 4.69) is 9.97 Å². The molecule has 1 aromatic heterocycles. The lowest BCUT2D eigenvalue weighted by Crippen LogP contribution is -2.58. The maximum Gasteiger partial charge on any atom is 0.252 e. The molecule has 0 bridgehead atoms. The molecule has 0 radical (unpaired) electrons. The highest BCUT2D eigenvalue weighted by molar-refractivity contribution is 6.04. The van der Waals surface area contributed by atoms with Gasteiger partial charge in [-0.3, -0.25) is 4.79 Å². The summed E-state index contributed by atoms with van der Waals surface area (Å²) in [6.07, 6.45) is -5.04. The molecule has 1 N–H and O–H groups in total. The summed E-state index contributed by atoms with van der Waals surface area (Å²) in [5, 5.41) is 0. The molecule has 4 rings (SSSR count). The molecule has 2 heterocycles. The largest absolute Gasteiger partial charge is 0.493 e. The number of amides is 1. The zero-order chi connectivity index (χ0) is 22.3. The fourth-order valence-corrected chi connectivity index (χ4v) is 3.62. The molecule has 3 aromatic rings. The van der Waals surface area contributed by atoms with Crippen molar-refractivity contribution in [1.29, 1.82) is 0 Å². The van der Waals surface area contributed by atoms with Gasteiger partial charge in [-0.25, -0.2) is 31.3 Å². The number of H-pyrrole nitrogens is 1. The van der Waals surface area contributed by atoms with E-state index >= 15 is 0 Å². The van der Waals surface area contributed by atoms with Crippen LogP contribution in [-0.2, 0) is 4.79 Å². The average molecular weight is 443 g/mol. The average Bonchev–Trinajstić information content (AvgIpc) is 3.14. The zero-order valence-electron chi connectivity index (χ0n) is 15.7. The number of alkyl halides is 4. The fraction of sp³-hybridized carbons (Fsp3) is 0.300. The number of benzene rings is 2. The van der Waals surface area contributed by atoms with Crippen LogP contribution < -0.4 is 9.64 Å². The molecule has 0 aliphatic carbocycles. The minimum absolute atomic E-state index is 0.166. The molecular formula is C20H15F6N3O2. The van der Waals surface area contributed by atoms with Crippen molar-refractivity contribution in [3.8, 4) is 5.75 Å². The van der Waals surface area contributed by atoms with Crippen LogP contribution in [0.4, 0.5) is 32.0 Å². The van der Waals surface area contributed by atoms with E-state index in [1.165, 1.54) is 24.5 Å². The summed E-state index contributed by atoms with van der Waals surface area (Å²) in [7, 11) is 0. The summed E-state index contributed by atoms with van der Waals surface area (Å²) in [6.45, 7) is -0.478. The third kappa shape index (κ3) is 3.79. The Morgan fingerprint density at radius 2 is 1.81 bits per heavy atom. The van der Waals surface area contributed by atoms with Crippen molar-refractivity contribution in [3.63, 3.8) is 0 Å². The number of aromatic nitrogens is 2. The molecule has 1 aliphatic rings. The summed E-state index contributed by atoms with van der Waals surface area (Å²) < 4.78 is 85.9. The maximum atomic E-state index is 14.8. The Hall–Kier alpha value is -3.24. The number of halogens is 6. The second-order valence-corrected chi connectivity index (χ2v) is 6.95. The second kappa shape index (κ2) is 8.12. The highest BCUT2D eigenvalue weighted by Crippen LogP contribution is 2.48. The number of hydrogen-bond donors (Lipinski definition) is 1. The lowest BCUT2D eigenvalue weighted by atomic mass is 9.81. The van der Waals surface area contributed by atoms with Gasteiger partial charge in [0, 0.05) is 29.8 Å². The van der Waals surface area contributed by atoms with Gasteiger partial charge < -0.3 is 14.6 Å². The van der Waals surface area contributed by atoms with Crippen molar-refractivity contribution in [2.24, 2.45) is 5.92 Å². The summed E-state index contributed by atoms with van der Waals surface area (Å²) in [4.78, 5) is 20.2. The normalized spacial score (nSPS) is 18.8. The number of aromatic amines is 1. The molecule has 5 nitrogen and oxygen atoms in total. The van der Waals surface area contributed by atoms with Crippen LogP contribution in [0.2, 0.25) is 0 Å². The van der Waals surface area contributed by atoms with Crippen LogP contribution in [-0.4, -0.2) is 35.3 Å². The van der Waals surface area contributed by atoms with Gasteiger partial charge in [0.2, 0.25) is 12.3 Å². The molecule has 1 amide bonds. The van der Waals surface area contributed by atoms with Crippen molar-refractivity contribution >= 4 is 22.6 Å². The predicted molar refractivity (Wildman–Crippen MR) is 98.3 cm³/mol. The molecule has 2 atom stereocenters. The van der Waals surface area contributed by atoms with Crippen LogP contribution in [0, 0.1) is 17.6 Å². The molecule has 1 fully saturated rings. The van der Waals surface area contributed by atoms with E-state index in [0.717, 1.165) is 17.0 Å². The van der Waals surface area contributed by atoms with E-state index in [4.69, 9.17) is 4.74 Å². The number of nitrogens with zero attached hydrogens (tertiary/aromatic N) is 2. The quantitative estimate of drug-likeness (QED) is 0.420. The van der Waals surface area contributed by atoms with Gasteiger partial charge in [0.15, 0.2) is 0 Å². The van der Waals surface area contributed by atoms with Crippen molar-refractivity contribution in [3.05, 3.63) is 53.9 Å². The molecular weight excluding hydrogens is 428 g/mol. The van der Waals surface area contributed by atoms with Crippen molar-refractivity contribution < 1.29 is 35.9 Å². The minimum atomic E-state index is -3.15. The molecule has 164 valence electrons. The molecule has 0 unspecified atom stereocenters. The third-order valence-electron chi connectivity index (χ3n) is 5.05.